The van der Waals surface area contributed by atoms with Crippen molar-refractivity contribution in [1.29, 1.82) is 0 Å². The zero-order chi connectivity index (χ0) is 21.3. The van der Waals surface area contributed by atoms with Gasteiger partial charge >= 0.3 is 0 Å². The summed E-state index contributed by atoms with van der Waals surface area (Å²) in [5, 5.41) is 3.01. The number of benzene rings is 2. The predicted molar refractivity (Wildman–Crippen MR) is 117 cm³/mol. The van der Waals surface area contributed by atoms with E-state index >= 15 is 0 Å². The number of piperazine rings is 1. The molecule has 4 rings (SSSR count). The lowest BCUT2D eigenvalue weighted by molar-refractivity contribution is 0.0939. The van der Waals surface area contributed by atoms with Gasteiger partial charge in [0, 0.05) is 31.7 Å². The number of fused-ring (bicyclic) bond motifs is 1. The molecule has 0 radical (unpaired) electrons. The van der Waals surface area contributed by atoms with E-state index in [2.05, 4.69) is 28.4 Å². The first kappa shape index (κ1) is 21.0. The Morgan fingerprint density at radius 2 is 1.73 bits per heavy atom. The molecule has 1 unspecified atom stereocenters. The number of nitrogens with zero attached hydrogens (tertiary/aromatic N) is 2. The minimum Gasteiger partial charge on any atom is -0.346 e. The summed E-state index contributed by atoms with van der Waals surface area (Å²) in [6.45, 7) is 4.30. The van der Waals surface area contributed by atoms with Crippen molar-refractivity contribution in [3.63, 3.8) is 0 Å². The van der Waals surface area contributed by atoms with Gasteiger partial charge in [0.25, 0.3) is 5.91 Å². The van der Waals surface area contributed by atoms with Crippen molar-refractivity contribution in [2.24, 2.45) is 0 Å². The number of sulfonamides is 1. The first-order chi connectivity index (χ1) is 14.3. The molecule has 160 valence electrons. The Hall–Kier alpha value is -2.22. The quantitative estimate of drug-likeness (QED) is 0.796. The van der Waals surface area contributed by atoms with E-state index in [0.717, 1.165) is 18.4 Å². The number of likely N-dealkylation sites (N-methyl/N-ethyl adjacent to an activating group) is 1. The van der Waals surface area contributed by atoms with E-state index in [1.54, 1.807) is 18.2 Å². The minimum absolute atomic E-state index is 0.152. The Bertz CT molecular complexity index is 1040. The average molecular weight is 428 g/mol. The van der Waals surface area contributed by atoms with Crippen LogP contribution in [0.5, 0.6) is 0 Å². The molecule has 1 atom stereocenters. The van der Waals surface area contributed by atoms with Crippen LogP contribution in [0.3, 0.4) is 0 Å². The van der Waals surface area contributed by atoms with Crippen molar-refractivity contribution in [1.82, 2.24) is 14.5 Å². The van der Waals surface area contributed by atoms with E-state index in [4.69, 9.17) is 0 Å². The first-order valence-electron chi connectivity index (χ1n) is 10.6. The Balaban J connectivity index is 1.48. The zero-order valence-electron chi connectivity index (χ0n) is 17.6. The van der Waals surface area contributed by atoms with Crippen molar-refractivity contribution in [2.45, 2.75) is 37.1 Å². The van der Waals surface area contributed by atoms with Crippen LogP contribution in [0.2, 0.25) is 0 Å². The molecular weight excluding hydrogens is 398 g/mol. The molecule has 0 bridgehead atoms. The van der Waals surface area contributed by atoms with E-state index in [0.29, 0.717) is 31.7 Å². The van der Waals surface area contributed by atoms with Crippen molar-refractivity contribution in [3.05, 3.63) is 64.7 Å². The van der Waals surface area contributed by atoms with Gasteiger partial charge in [0.1, 0.15) is 0 Å². The number of hydrogen-bond donors (Lipinski definition) is 1. The van der Waals surface area contributed by atoms with Crippen LogP contribution in [0, 0.1) is 0 Å². The molecule has 1 fully saturated rings. The molecule has 1 saturated heterocycles. The average Bonchev–Trinajstić information content (AvgIpc) is 3.22. The van der Waals surface area contributed by atoms with E-state index in [1.165, 1.54) is 27.9 Å². The maximum atomic E-state index is 13.0. The summed E-state index contributed by atoms with van der Waals surface area (Å²) in [6, 6.07) is 12.6. The fraction of sp³-hybridized carbons (Fsp3) is 0.435. The third kappa shape index (κ3) is 4.29. The number of carbonyl (C=O) groups is 1. The molecule has 1 aliphatic carbocycles. The lowest BCUT2D eigenvalue weighted by atomic mass is 10.0. The fourth-order valence-corrected chi connectivity index (χ4v) is 5.67. The third-order valence-electron chi connectivity index (χ3n) is 6.17. The molecule has 7 heteroatoms. The van der Waals surface area contributed by atoms with Crippen LogP contribution < -0.4 is 5.32 Å². The molecule has 2 aliphatic rings. The Morgan fingerprint density at radius 1 is 1.00 bits per heavy atom. The molecule has 1 heterocycles. The summed E-state index contributed by atoms with van der Waals surface area (Å²) in [6.07, 6.45) is 3.41. The van der Waals surface area contributed by atoms with Gasteiger partial charge in [-0.2, -0.15) is 4.31 Å². The maximum Gasteiger partial charge on any atom is 0.251 e. The van der Waals surface area contributed by atoms with Crippen LogP contribution >= 0.6 is 0 Å². The number of aryl methyl sites for hydroxylation is 2. The number of carbonyl (C=O) groups excluding carboxylic acids is 1. The Morgan fingerprint density at radius 3 is 2.50 bits per heavy atom. The molecule has 1 N–H and O–H groups in total. The first-order valence-corrected chi connectivity index (χ1v) is 12.0. The molecule has 2 aromatic carbocycles. The van der Waals surface area contributed by atoms with Gasteiger partial charge in [0.05, 0.1) is 10.9 Å². The molecule has 0 spiro atoms. The summed E-state index contributed by atoms with van der Waals surface area (Å²) in [5.74, 6) is -0.265. The topological polar surface area (TPSA) is 69.7 Å². The van der Waals surface area contributed by atoms with Gasteiger partial charge < -0.3 is 10.2 Å². The van der Waals surface area contributed by atoms with Crippen LogP contribution in [0.15, 0.2) is 47.4 Å². The summed E-state index contributed by atoms with van der Waals surface area (Å²) < 4.78 is 27.5. The third-order valence-corrected chi connectivity index (χ3v) is 8.06. The van der Waals surface area contributed by atoms with Crippen molar-refractivity contribution < 1.29 is 13.2 Å². The normalized spacial score (nSPS) is 18.7. The molecule has 1 amide bonds. The largest absolute Gasteiger partial charge is 0.346 e. The molecule has 6 nitrogen and oxygen atoms in total. The second-order valence-corrected chi connectivity index (χ2v) is 10.2. The number of rotatable bonds is 5. The minimum atomic E-state index is -3.60. The summed E-state index contributed by atoms with van der Waals surface area (Å²) in [5.41, 5.74) is 4.20. The van der Waals surface area contributed by atoms with Crippen molar-refractivity contribution in [3.8, 4) is 0 Å². The fourth-order valence-electron chi connectivity index (χ4n) is 4.20. The number of nitrogens with one attached hydrogen (secondary N) is 1. The number of amides is 1. The van der Waals surface area contributed by atoms with E-state index < -0.39 is 10.0 Å². The number of hydrogen-bond acceptors (Lipinski definition) is 4. The van der Waals surface area contributed by atoms with Crippen molar-refractivity contribution in [2.75, 3.05) is 33.2 Å². The van der Waals surface area contributed by atoms with Gasteiger partial charge in [0.2, 0.25) is 10.0 Å². The molecular formula is C23H29N3O3S. The van der Waals surface area contributed by atoms with Gasteiger partial charge in [0.15, 0.2) is 0 Å². The van der Waals surface area contributed by atoms with Crippen LogP contribution in [-0.2, 0) is 22.9 Å². The van der Waals surface area contributed by atoms with Gasteiger partial charge in [-0.05, 0) is 68.1 Å². The van der Waals surface area contributed by atoms with Gasteiger partial charge in [-0.15, -0.1) is 0 Å². The SMILES string of the molecule is CC(NC(=O)c1cccc(S(=O)(=O)N2CCN(C)CC2)c1)c1ccc2c(c1)CCC2. The summed E-state index contributed by atoms with van der Waals surface area (Å²) in [4.78, 5) is 15.1. The molecule has 0 aromatic heterocycles. The summed E-state index contributed by atoms with van der Waals surface area (Å²) in [7, 11) is -1.62. The van der Waals surface area contributed by atoms with E-state index in [9.17, 15) is 13.2 Å². The van der Waals surface area contributed by atoms with E-state index in [1.807, 2.05) is 14.0 Å². The molecule has 30 heavy (non-hydrogen) atoms. The second-order valence-electron chi connectivity index (χ2n) is 8.31. The lowest BCUT2D eigenvalue weighted by Gasteiger charge is -2.31. The maximum absolute atomic E-state index is 13.0. The van der Waals surface area contributed by atoms with E-state index in [-0.39, 0.29) is 16.8 Å². The zero-order valence-corrected chi connectivity index (χ0v) is 18.4. The highest BCUT2D eigenvalue weighted by atomic mass is 32.2. The van der Waals surface area contributed by atoms with Gasteiger partial charge in [-0.3, -0.25) is 4.79 Å². The van der Waals surface area contributed by atoms with Crippen LogP contribution in [0.1, 0.15) is 46.4 Å². The Labute approximate surface area is 178 Å². The van der Waals surface area contributed by atoms with Gasteiger partial charge in [-0.25, -0.2) is 8.42 Å². The predicted octanol–water partition coefficient (Wildman–Crippen LogP) is 2.60. The van der Waals surface area contributed by atoms with Crippen LogP contribution in [0.25, 0.3) is 0 Å². The molecule has 1 aliphatic heterocycles. The van der Waals surface area contributed by atoms with Crippen LogP contribution in [-0.4, -0.2) is 56.8 Å². The lowest BCUT2D eigenvalue weighted by Crippen LogP contribution is -2.47. The highest BCUT2D eigenvalue weighted by molar-refractivity contribution is 7.89. The summed E-state index contributed by atoms with van der Waals surface area (Å²) >= 11 is 0. The molecule has 2 aromatic rings. The second kappa shape index (κ2) is 8.49. The Kier molecular flexibility index (Phi) is 5.95. The standard InChI is InChI=1S/C23H29N3O3S/c1-17(19-10-9-18-5-3-6-20(18)15-19)24-23(27)21-7-4-8-22(16-21)30(28,29)26-13-11-25(2)12-14-26/h4,7-10,15-17H,3,5-6,11-14H2,1-2H3,(H,24,27). The highest BCUT2D eigenvalue weighted by Crippen LogP contribution is 2.26. The highest BCUT2D eigenvalue weighted by Gasteiger charge is 2.28. The van der Waals surface area contributed by atoms with Crippen molar-refractivity contribution >= 4 is 15.9 Å². The molecule has 0 saturated carbocycles. The van der Waals surface area contributed by atoms with Crippen LogP contribution in [0.4, 0.5) is 0 Å². The smallest absolute Gasteiger partial charge is 0.251 e. The van der Waals surface area contributed by atoms with Gasteiger partial charge in [-0.1, -0.05) is 24.3 Å². The monoisotopic (exact) mass is 427 g/mol.